The van der Waals surface area contributed by atoms with Crippen molar-refractivity contribution < 1.29 is 9.52 Å². The lowest BCUT2D eigenvalue weighted by molar-refractivity contribution is 0.149. The molecular formula is C16H23N3O2. The predicted molar refractivity (Wildman–Crippen MR) is 82.0 cm³/mol. The standard InChI is InChI=1S/C16H23N3O2/c1-5-19(8-9-20)13(4)15-17-18-16(21-15)14-7-6-11(2)12(3)10-14/h6-7,10,13,20H,5,8-9H2,1-4H3. The summed E-state index contributed by atoms with van der Waals surface area (Å²) in [6, 6.07) is 6.11. The summed E-state index contributed by atoms with van der Waals surface area (Å²) in [5, 5.41) is 17.4. The van der Waals surface area contributed by atoms with Gasteiger partial charge >= 0.3 is 0 Å². The zero-order valence-electron chi connectivity index (χ0n) is 13.1. The molecule has 21 heavy (non-hydrogen) atoms. The van der Waals surface area contributed by atoms with E-state index in [0.29, 0.717) is 18.3 Å². The van der Waals surface area contributed by atoms with E-state index < -0.39 is 0 Å². The molecule has 5 heteroatoms. The number of rotatable bonds is 6. The molecule has 0 aliphatic carbocycles. The Morgan fingerprint density at radius 1 is 1.24 bits per heavy atom. The molecule has 2 aromatic rings. The number of nitrogens with zero attached hydrogens (tertiary/aromatic N) is 3. The molecule has 0 amide bonds. The Morgan fingerprint density at radius 3 is 2.62 bits per heavy atom. The Kier molecular flexibility index (Phi) is 5.09. The van der Waals surface area contributed by atoms with Crippen molar-refractivity contribution >= 4 is 0 Å². The fourth-order valence-corrected chi connectivity index (χ4v) is 2.30. The van der Waals surface area contributed by atoms with Gasteiger partial charge in [0.15, 0.2) is 0 Å². The minimum Gasteiger partial charge on any atom is -0.419 e. The highest BCUT2D eigenvalue weighted by Gasteiger charge is 2.20. The van der Waals surface area contributed by atoms with Gasteiger partial charge in [-0.15, -0.1) is 10.2 Å². The van der Waals surface area contributed by atoms with Crippen molar-refractivity contribution in [3.63, 3.8) is 0 Å². The first-order valence-electron chi connectivity index (χ1n) is 7.32. The zero-order chi connectivity index (χ0) is 15.4. The van der Waals surface area contributed by atoms with Gasteiger partial charge in [0.05, 0.1) is 12.6 Å². The topological polar surface area (TPSA) is 62.4 Å². The van der Waals surface area contributed by atoms with Crippen molar-refractivity contribution in [3.05, 3.63) is 35.2 Å². The first-order chi connectivity index (χ1) is 10.1. The van der Waals surface area contributed by atoms with Gasteiger partial charge in [0.1, 0.15) is 0 Å². The molecule has 1 aromatic carbocycles. The van der Waals surface area contributed by atoms with Gasteiger partial charge in [-0.05, 0) is 50.6 Å². The normalized spacial score (nSPS) is 12.9. The van der Waals surface area contributed by atoms with Gasteiger partial charge in [0.2, 0.25) is 11.8 Å². The van der Waals surface area contributed by atoms with Crippen LogP contribution in [0, 0.1) is 13.8 Å². The largest absolute Gasteiger partial charge is 0.419 e. The summed E-state index contributed by atoms with van der Waals surface area (Å²) in [6.45, 7) is 9.75. The van der Waals surface area contributed by atoms with Crippen LogP contribution in [-0.4, -0.2) is 39.9 Å². The van der Waals surface area contributed by atoms with Crippen LogP contribution < -0.4 is 0 Å². The van der Waals surface area contributed by atoms with Gasteiger partial charge in [0.25, 0.3) is 0 Å². The summed E-state index contributed by atoms with van der Waals surface area (Å²) < 4.78 is 5.81. The van der Waals surface area contributed by atoms with E-state index in [0.717, 1.165) is 12.1 Å². The van der Waals surface area contributed by atoms with Crippen LogP contribution in [0.3, 0.4) is 0 Å². The summed E-state index contributed by atoms with van der Waals surface area (Å²) >= 11 is 0. The summed E-state index contributed by atoms with van der Waals surface area (Å²) in [6.07, 6.45) is 0. The number of hydrogen-bond acceptors (Lipinski definition) is 5. The zero-order valence-corrected chi connectivity index (χ0v) is 13.1. The van der Waals surface area contributed by atoms with Crippen LogP contribution in [-0.2, 0) is 0 Å². The molecule has 0 aliphatic heterocycles. The highest BCUT2D eigenvalue weighted by Crippen LogP contribution is 2.25. The molecule has 1 unspecified atom stereocenters. The van der Waals surface area contributed by atoms with E-state index >= 15 is 0 Å². The van der Waals surface area contributed by atoms with E-state index in [9.17, 15) is 0 Å². The minimum atomic E-state index is -0.00468. The third-order valence-electron chi connectivity index (χ3n) is 3.89. The van der Waals surface area contributed by atoms with Crippen LogP contribution >= 0.6 is 0 Å². The minimum absolute atomic E-state index is 0.00468. The van der Waals surface area contributed by atoms with E-state index in [2.05, 4.69) is 41.1 Å². The van der Waals surface area contributed by atoms with Crippen molar-refractivity contribution in [2.24, 2.45) is 0 Å². The number of aliphatic hydroxyl groups excluding tert-OH is 1. The average molecular weight is 289 g/mol. The van der Waals surface area contributed by atoms with Crippen LogP contribution in [0.1, 0.15) is 36.9 Å². The molecule has 1 aromatic heterocycles. The van der Waals surface area contributed by atoms with E-state index in [1.54, 1.807) is 0 Å². The van der Waals surface area contributed by atoms with Gasteiger partial charge in [-0.1, -0.05) is 13.0 Å². The lowest BCUT2D eigenvalue weighted by Crippen LogP contribution is -2.29. The van der Waals surface area contributed by atoms with Crippen LogP contribution in [0.25, 0.3) is 11.5 Å². The number of aliphatic hydroxyl groups is 1. The summed E-state index contributed by atoms with van der Waals surface area (Å²) in [5.74, 6) is 1.12. The predicted octanol–water partition coefficient (Wildman–Crippen LogP) is 2.73. The Hall–Kier alpha value is -1.72. The third kappa shape index (κ3) is 3.49. The van der Waals surface area contributed by atoms with Crippen molar-refractivity contribution in [2.45, 2.75) is 33.7 Å². The molecule has 1 heterocycles. The maximum atomic E-state index is 9.09. The number of hydrogen-bond donors (Lipinski definition) is 1. The van der Waals surface area contributed by atoms with Crippen LogP contribution in [0.4, 0.5) is 0 Å². The molecule has 0 fully saturated rings. The lowest BCUT2D eigenvalue weighted by Gasteiger charge is -2.23. The molecule has 0 saturated heterocycles. The Morgan fingerprint density at radius 2 is 2.00 bits per heavy atom. The van der Waals surface area contributed by atoms with Crippen LogP contribution in [0.2, 0.25) is 0 Å². The second-order valence-corrected chi connectivity index (χ2v) is 5.27. The van der Waals surface area contributed by atoms with E-state index in [-0.39, 0.29) is 12.6 Å². The maximum absolute atomic E-state index is 9.09. The Labute approximate surface area is 125 Å². The highest BCUT2D eigenvalue weighted by atomic mass is 16.4. The molecule has 2 rings (SSSR count). The molecule has 0 radical (unpaired) electrons. The summed E-state index contributed by atoms with van der Waals surface area (Å²) in [4.78, 5) is 2.09. The molecule has 0 saturated carbocycles. The maximum Gasteiger partial charge on any atom is 0.247 e. The number of aromatic nitrogens is 2. The van der Waals surface area contributed by atoms with Crippen molar-refractivity contribution in [1.82, 2.24) is 15.1 Å². The molecule has 5 nitrogen and oxygen atoms in total. The highest BCUT2D eigenvalue weighted by molar-refractivity contribution is 5.55. The smallest absolute Gasteiger partial charge is 0.247 e. The fraction of sp³-hybridized carbons (Fsp3) is 0.500. The molecular weight excluding hydrogens is 266 g/mol. The molecule has 1 atom stereocenters. The second-order valence-electron chi connectivity index (χ2n) is 5.27. The molecule has 1 N–H and O–H groups in total. The monoisotopic (exact) mass is 289 g/mol. The SMILES string of the molecule is CCN(CCO)C(C)c1nnc(-c2ccc(C)c(C)c2)o1. The van der Waals surface area contributed by atoms with E-state index in [1.165, 1.54) is 11.1 Å². The Bertz CT molecular complexity index is 595. The third-order valence-corrected chi connectivity index (χ3v) is 3.89. The summed E-state index contributed by atoms with van der Waals surface area (Å²) in [7, 11) is 0. The first-order valence-corrected chi connectivity index (χ1v) is 7.32. The van der Waals surface area contributed by atoms with Gasteiger partial charge in [-0.3, -0.25) is 4.90 Å². The molecule has 0 spiro atoms. The van der Waals surface area contributed by atoms with Crippen molar-refractivity contribution in [1.29, 1.82) is 0 Å². The fourth-order valence-electron chi connectivity index (χ4n) is 2.30. The van der Waals surface area contributed by atoms with Crippen molar-refractivity contribution in [3.8, 4) is 11.5 Å². The quantitative estimate of drug-likeness (QED) is 0.886. The van der Waals surface area contributed by atoms with Gasteiger partial charge < -0.3 is 9.52 Å². The lowest BCUT2D eigenvalue weighted by atomic mass is 10.1. The Balaban J connectivity index is 2.22. The number of likely N-dealkylation sites (N-methyl/N-ethyl adjacent to an activating group) is 1. The van der Waals surface area contributed by atoms with Crippen LogP contribution in [0.15, 0.2) is 22.6 Å². The van der Waals surface area contributed by atoms with Gasteiger partial charge in [-0.25, -0.2) is 0 Å². The van der Waals surface area contributed by atoms with Crippen molar-refractivity contribution in [2.75, 3.05) is 19.7 Å². The van der Waals surface area contributed by atoms with E-state index in [4.69, 9.17) is 9.52 Å². The first kappa shape index (κ1) is 15.7. The number of aryl methyl sites for hydroxylation is 2. The summed E-state index contributed by atoms with van der Waals surface area (Å²) in [5.41, 5.74) is 3.39. The van der Waals surface area contributed by atoms with Gasteiger partial charge in [0, 0.05) is 12.1 Å². The van der Waals surface area contributed by atoms with E-state index in [1.807, 2.05) is 19.9 Å². The van der Waals surface area contributed by atoms with Crippen LogP contribution in [0.5, 0.6) is 0 Å². The van der Waals surface area contributed by atoms with Gasteiger partial charge in [-0.2, -0.15) is 0 Å². The molecule has 114 valence electrons. The molecule has 0 aliphatic rings. The number of benzene rings is 1. The molecule has 0 bridgehead atoms. The average Bonchev–Trinajstić information content (AvgIpc) is 2.96. The second kappa shape index (κ2) is 6.83.